The van der Waals surface area contributed by atoms with E-state index in [-0.39, 0.29) is 17.2 Å². The number of hydrogen-bond acceptors (Lipinski definition) is 4. The van der Waals surface area contributed by atoms with Crippen molar-refractivity contribution in [3.8, 4) is 11.1 Å². The molecule has 1 atom stereocenters. The van der Waals surface area contributed by atoms with Crippen molar-refractivity contribution in [1.82, 2.24) is 5.32 Å². The molecule has 0 saturated carbocycles. The van der Waals surface area contributed by atoms with Gasteiger partial charge >= 0.3 is 0 Å². The first-order chi connectivity index (χ1) is 13.6. The van der Waals surface area contributed by atoms with Crippen LogP contribution in [0.3, 0.4) is 0 Å². The van der Waals surface area contributed by atoms with Gasteiger partial charge in [0.2, 0.25) is 5.91 Å². The van der Waals surface area contributed by atoms with Gasteiger partial charge in [-0.15, -0.1) is 0 Å². The number of benzene rings is 2. The minimum atomic E-state index is -0.436. The second-order valence-corrected chi connectivity index (χ2v) is 8.41. The van der Waals surface area contributed by atoms with Gasteiger partial charge in [0.15, 0.2) is 6.23 Å². The fraction of sp³-hybridized carbons (Fsp3) is 0.364. The summed E-state index contributed by atoms with van der Waals surface area (Å²) in [6.07, 6.45) is 0.243. The molecule has 0 fully saturated rings. The monoisotopic (exact) mass is 417 g/mol. The molecule has 0 spiro atoms. The summed E-state index contributed by atoms with van der Waals surface area (Å²) in [4.78, 5) is 22.4. The average molecular weight is 418 g/mol. The predicted octanol–water partition coefficient (Wildman–Crippen LogP) is 5.19. The third kappa shape index (κ3) is 5.14. The molecule has 2 aromatic rings. The zero-order valence-corrected chi connectivity index (χ0v) is 17.8. The zero-order chi connectivity index (χ0) is 21.2. The van der Waals surface area contributed by atoms with Crippen LogP contribution in [0, 0.1) is 11.2 Å². The number of anilines is 1. The fourth-order valence-electron chi connectivity index (χ4n) is 2.89. The Balaban J connectivity index is 1.61. The van der Waals surface area contributed by atoms with E-state index in [1.807, 2.05) is 52.0 Å². The summed E-state index contributed by atoms with van der Waals surface area (Å²) in [6, 6.07) is 12.3. The first-order valence-corrected chi connectivity index (χ1v) is 9.88. The second kappa shape index (κ2) is 8.51. The van der Waals surface area contributed by atoms with E-state index in [0.717, 1.165) is 22.6 Å². The largest absolute Gasteiger partial charge is 0.355 e. The number of carbonyl (C=O) groups excluding carboxylic acids is 1. The first-order valence-electron chi connectivity index (χ1n) is 9.50. The van der Waals surface area contributed by atoms with E-state index in [1.165, 1.54) is 6.07 Å². The molecule has 0 aliphatic carbocycles. The molecule has 0 radical (unpaired) electrons. The van der Waals surface area contributed by atoms with E-state index < -0.39 is 11.2 Å². The van der Waals surface area contributed by atoms with Crippen LogP contribution < -0.4 is 10.4 Å². The van der Waals surface area contributed by atoms with Crippen molar-refractivity contribution < 1.29 is 14.0 Å². The van der Waals surface area contributed by atoms with Crippen molar-refractivity contribution in [2.45, 2.75) is 40.3 Å². The van der Waals surface area contributed by atoms with Crippen LogP contribution in [0.25, 0.3) is 11.1 Å². The maximum atomic E-state index is 13.4. The van der Waals surface area contributed by atoms with Gasteiger partial charge in [0.1, 0.15) is 11.7 Å². The number of hydroxylamine groups is 1. The predicted molar refractivity (Wildman–Crippen MR) is 114 cm³/mol. The lowest BCUT2D eigenvalue weighted by Gasteiger charge is -2.20. The molecule has 1 amide bonds. The van der Waals surface area contributed by atoms with E-state index in [0.29, 0.717) is 13.0 Å². The molecule has 0 aromatic heterocycles. The highest BCUT2D eigenvalue weighted by molar-refractivity contribution is 6.31. The lowest BCUT2D eigenvalue weighted by molar-refractivity contribution is -0.128. The molecule has 1 unspecified atom stereocenters. The molecule has 7 heteroatoms. The summed E-state index contributed by atoms with van der Waals surface area (Å²) >= 11 is 5.87. The highest BCUT2D eigenvalue weighted by Gasteiger charge is 2.26. The van der Waals surface area contributed by atoms with Crippen molar-refractivity contribution >= 4 is 29.0 Å². The number of nitrogens with one attached hydrogen (secondary N) is 1. The van der Waals surface area contributed by atoms with Crippen molar-refractivity contribution in [1.29, 1.82) is 0 Å². The topological polar surface area (TPSA) is 53.9 Å². The SMILES string of the molecule is CC1=NC(CCNC(=O)C(C)(C)C)ON1c1ccc(-c2ccc(F)c(Cl)c2)cc1. The number of halogens is 2. The van der Waals surface area contributed by atoms with Gasteiger partial charge in [0.05, 0.1) is 10.7 Å². The van der Waals surface area contributed by atoms with Gasteiger partial charge < -0.3 is 5.32 Å². The molecule has 154 valence electrons. The van der Waals surface area contributed by atoms with Gasteiger partial charge in [-0.3, -0.25) is 4.79 Å². The Labute approximate surface area is 175 Å². The van der Waals surface area contributed by atoms with Gasteiger partial charge in [-0.2, -0.15) is 0 Å². The number of carbonyl (C=O) groups is 1. The second-order valence-electron chi connectivity index (χ2n) is 8.00. The molecule has 1 aliphatic heterocycles. The number of amidine groups is 1. The van der Waals surface area contributed by atoms with Gasteiger partial charge in [0, 0.05) is 18.4 Å². The number of hydrogen-bond donors (Lipinski definition) is 1. The summed E-state index contributed by atoms with van der Waals surface area (Å²) in [5.41, 5.74) is 2.18. The van der Waals surface area contributed by atoms with Crippen LogP contribution in [0.2, 0.25) is 5.02 Å². The van der Waals surface area contributed by atoms with Gasteiger partial charge in [-0.25, -0.2) is 19.3 Å². The molecule has 1 aliphatic rings. The van der Waals surface area contributed by atoms with Crippen LogP contribution in [0.15, 0.2) is 47.5 Å². The van der Waals surface area contributed by atoms with Gasteiger partial charge in [-0.05, 0) is 42.3 Å². The van der Waals surface area contributed by atoms with Crippen LogP contribution in [0.1, 0.15) is 34.1 Å². The smallest absolute Gasteiger partial charge is 0.225 e. The lowest BCUT2D eigenvalue weighted by atomic mass is 9.96. The maximum Gasteiger partial charge on any atom is 0.225 e. The molecule has 29 heavy (non-hydrogen) atoms. The number of amides is 1. The Morgan fingerprint density at radius 3 is 2.48 bits per heavy atom. The maximum absolute atomic E-state index is 13.4. The molecule has 2 aromatic carbocycles. The van der Waals surface area contributed by atoms with Crippen molar-refractivity contribution in [3.05, 3.63) is 53.3 Å². The summed E-state index contributed by atoms with van der Waals surface area (Å²) in [5.74, 6) is 0.313. The zero-order valence-electron chi connectivity index (χ0n) is 17.0. The highest BCUT2D eigenvalue weighted by Crippen LogP contribution is 2.29. The van der Waals surface area contributed by atoms with Gasteiger partial charge in [0.25, 0.3) is 0 Å². The van der Waals surface area contributed by atoms with Crippen LogP contribution >= 0.6 is 11.6 Å². The van der Waals surface area contributed by atoms with E-state index in [2.05, 4.69) is 10.3 Å². The minimum absolute atomic E-state index is 0.00420. The molecule has 5 nitrogen and oxygen atoms in total. The van der Waals surface area contributed by atoms with Crippen molar-refractivity contribution in [2.75, 3.05) is 11.6 Å². The van der Waals surface area contributed by atoms with Crippen molar-refractivity contribution in [2.24, 2.45) is 10.4 Å². The quantitative estimate of drug-likeness (QED) is 0.727. The van der Waals surface area contributed by atoms with E-state index >= 15 is 0 Å². The summed E-state index contributed by atoms with van der Waals surface area (Å²) < 4.78 is 13.4. The van der Waals surface area contributed by atoms with Crippen LogP contribution in [0.4, 0.5) is 10.1 Å². The van der Waals surface area contributed by atoms with Crippen LogP contribution in [0.5, 0.6) is 0 Å². The summed E-state index contributed by atoms with van der Waals surface area (Å²) in [6.45, 7) is 8.00. The Morgan fingerprint density at radius 2 is 1.86 bits per heavy atom. The third-order valence-electron chi connectivity index (χ3n) is 4.56. The molecular formula is C22H25ClFN3O2. The van der Waals surface area contributed by atoms with E-state index in [4.69, 9.17) is 16.4 Å². The highest BCUT2D eigenvalue weighted by atomic mass is 35.5. The van der Waals surface area contributed by atoms with E-state index in [9.17, 15) is 9.18 Å². The van der Waals surface area contributed by atoms with Crippen LogP contribution in [-0.4, -0.2) is 24.5 Å². The number of rotatable bonds is 5. The molecule has 1 heterocycles. The number of nitrogens with zero attached hydrogens (tertiary/aromatic N) is 2. The number of aliphatic imine (C=N–C) groups is 1. The minimum Gasteiger partial charge on any atom is -0.355 e. The van der Waals surface area contributed by atoms with Crippen LogP contribution in [-0.2, 0) is 9.63 Å². The molecule has 0 bridgehead atoms. The Bertz CT molecular complexity index is 923. The molecule has 1 N–H and O–H groups in total. The standard InChI is InChI=1S/C22H25ClFN3O2/c1-14-26-20(11-12-25-21(28)22(2,3)4)29-27(14)17-8-5-15(6-9-17)16-7-10-19(24)18(23)13-16/h5-10,13,20H,11-12H2,1-4H3,(H,25,28). The molecule has 3 rings (SSSR count). The first kappa shape index (κ1) is 21.3. The average Bonchev–Trinajstić information content (AvgIpc) is 3.04. The normalized spacial score (nSPS) is 16.7. The summed E-state index contributed by atoms with van der Waals surface area (Å²) in [5, 5.41) is 4.68. The fourth-order valence-corrected chi connectivity index (χ4v) is 3.07. The van der Waals surface area contributed by atoms with Gasteiger partial charge in [-0.1, -0.05) is 50.6 Å². The van der Waals surface area contributed by atoms with E-state index in [1.54, 1.807) is 17.2 Å². The molecule has 0 saturated heterocycles. The molecular weight excluding hydrogens is 393 g/mol. The van der Waals surface area contributed by atoms with Crippen molar-refractivity contribution in [3.63, 3.8) is 0 Å². The Morgan fingerprint density at radius 1 is 1.21 bits per heavy atom. The lowest BCUT2D eigenvalue weighted by Crippen LogP contribution is -2.36. The third-order valence-corrected chi connectivity index (χ3v) is 4.85. The summed E-state index contributed by atoms with van der Waals surface area (Å²) in [7, 11) is 0. The Hall–Kier alpha value is -2.44. The Kier molecular flexibility index (Phi) is 6.24.